The van der Waals surface area contributed by atoms with Crippen molar-refractivity contribution in [3.63, 3.8) is 0 Å². The number of nitrogens with one attached hydrogen (secondary N) is 1. The second-order valence-corrected chi connectivity index (χ2v) is 5.63. The molecule has 5 nitrogen and oxygen atoms in total. The minimum Gasteiger partial charge on any atom is -0.362 e. The van der Waals surface area contributed by atoms with Gasteiger partial charge in [0.1, 0.15) is 5.60 Å². The predicted octanol–water partition coefficient (Wildman–Crippen LogP) is 0.186. The second kappa shape index (κ2) is 3.94. The van der Waals surface area contributed by atoms with Gasteiger partial charge < -0.3 is 4.74 Å². The maximum absolute atomic E-state index is 11.5. The topological polar surface area (TPSA) is 72.5 Å². The van der Waals surface area contributed by atoms with Gasteiger partial charge in [-0.1, -0.05) is 6.08 Å². The minimum atomic E-state index is -3.61. The maximum Gasteiger partial charge on any atom is 0.265 e. The van der Waals surface area contributed by atoms with Crippen molar-refractivity contribution >= 4 is 15.9 Å². The first-order valence-corrected chi connectivity index (χ1v) is 6.28. The quantitative estimate of drug-likeness (QED) is 0.703. The first-order valence-electron chi connectivity index (χ1n) is 4.63. The molecule has 1 aliphatic rings. The first-order chi connectivity index (χ1) is 6.79. The van der Waals surface area contributed by atoms with Crippen molar-refractivity contribution in [2.75, 3.05) is 5.75 Å². The SMILES string of the molecule is C=CCS(=O)(=O)NC(=O)C1(C)CC(C)O1. The molecule has 0 aliphatic carbocycles. The molecule has 1 rings (SSSR count). The molecule has 2 unspecified atom stereocenters. The summed E-state index contributed by atoms with van der Waals surface area (Å²) in [6.45, 7) is 6.70. The molecule has 0 aromatic rings. The number of carbonyl (C=O) groups is 1. The van der Waals surface area contributed by atoms with Crippen molar-refractivity contribution in [2.24, 2.45) is 0 Å². The second-order valence-electron chi connectivity index (χ2n) is 3.86. The van der Waals surface area contributed by atoms with Gasteiger partial charge in [0, 0.05) is 6.42 Å². The van der Waals surface area contributed by atoms with Crippen molar-refractivity contribution < 1.29 is 17.9 Å². The largest absolute Gasteiger partial charge is 0.362 e. The van der Waals surface area contributed by atoms with Crippen LogP contribution in [-0.2, 0) is 19.6 Å². The van der Waals surface area contributed by atoms with Gasteiger partial charge >= 0.3 is 0 Å². The molecule has 0 bridgehead atoms. The lowest BCUT2D eigenvalue weighted by Gasteiger charge is -2.42. The normalized spacial score (nSPS) is 30.4. The highest BCUT2D eigenvalue weighted by molar-refractivity contribution is 7.90. The fourth-order valence-corrected chi connectivity index (χ4v) is 2.47. The molecule has 1 saturated heterocycles. The summed E-state index contributed by atoms with van der Waals surface area (Å²) >= 11 is 0. The Bertz CT molecular complexity index is 368. The van der Waals surface area contributed by atoms with Crippen LogP contribution in [0.4, 0.5) is 0 Å². The Morgan fingerprint density at radius 3 is 2.67 bits per heavy atom. The van der Waals surface area contributed by atoms with Gasteiger partial charge in [0.15, 0.2) is 0 Å². The molecule has 15 heavy (non-hydrogen) atoms. The molecule has 0 aromatic carbocycles. The Labute approximate surface area is 89.5 Å². The monoisotopic (exact) mass is 233 g/mol. The van der Waals surface area contributed by atoms with E-state index in [0.29, 0.717) is 6.42 Å². The molecule has 6 heteroatoms. The Balaban J connectivity index is 2.60. The van der Waals surface area contributed by atoms with E-state index in [1.165, 1.54) is 6.08 Å². The lowest BCUT2D eigenvalue weighted by atomic mass is 9.91. The molecule has 0 radical (unpaired) electrons. The summed E-state index contributed by atoms with van der Waals surface area (Å²) < 4.78 is 29.7. The summed E-state index contributed by atoms with van der Waals surface area (Å²) in [5.41, 5.74) is -1.01. The minimum absolute atomic E-state index is 0.00265. The van der Waals surface area contributed by atoms with Crippen LogP contribution in [-0.4, -0.2) is 31.8 Å². The lowest BCUT2D eigenvalue weighted by molar-refractivity contribution is -0.194. The van der Waals surface area contributed by atoms with E-state index in [0.717, 1.165) is 0 Å². The zero-order valence-corrected chi connectivity index (χ0v) is 9.63. The number of ether oxygens (including phenoxy) is 1. The molecule has 1 fully saturated rings. The summed E-state index contributed by atoms with van der Waals surface area (Å²) in [5.74, 6) is -0.882. The van der Waals surface area contributed by atoms with E-state index in [2.05, 4.69) is 6.58 Å². The molecule has 2 atom stereocenters. The molecule has 1 N–H and O–H groups in total. The lowest BCUT2D eigenvalue weighted by Crippen LogP contribution is -2.58. The number of hydrogen-bond donors (Lipinski definition) is 1. The van der Waals surface area contributed by atoms with E-state index in [1.807, 2.05) is 11.6 Å². The average molecular weight is 233 g/mol. The third-order valence-electron chi connectivity index (χ3n) is 2.20. The zero-order chi connectivity index (χ0) is 11.7. The van der Waals surface area contributed by atoms with Crippen LogP contribution in [0.15, 0.2) is 12.7 Å². The number of hydrogen-bond acceptors (Lipinski definition) is 4. The fourth-order valence-electron chi connectivity index (χ4n) is 1.58. The van der Waals surface area contributed by atoms with Crippen LogP contribution >= 0.6 is 0 Å². The molecular formula is C9H15NO4S. The molecule has 0 aromatic heterocycles. The van der Waals surface area contributed by atoms with Gasteiger partial charge in [0.05, 0.1) is 11.9 Å². The van der Waals surface area contributed by atoms with Crippen LogP contribution < -0.4 is 4.72 Å². The van der Waals surface area contributed by atoms with Gasteiger partial charge in [-0.3, -0.25) is 9.52 Å². The number of rotatable bonds is 4. The van der Waals surface area contributed by atoms with Crippen LogP contribution in [0.3, 0.4) is 0 Å². The summed E-state index contributed by atoms with van der Waals surface area (Å²) in [4.78, 5) is 11.5. The van der Waals surface area contributed by atoms with Gasteiger partial charge in [-0.15, -0.1) is 6.58 Å². The highest BCUT2D eigenvalue weighted by Gasteiger charge is 2.46. The Hall–Kier alpha value is -0.880. The third-order valence-corrected chi connectivity index (χ3v) is 3.37. The summed E-state index contributed by atoms with van der Waals surface area (Å²) in [6, 6.07) is 0. The van der Waals surface area contributed by atoms with Crippen molar-refractivity contribution in [3.8, 4) is 0 Å². The standard InChI is InChI=1S/C9H15NO4S/c1-4-5-15(12,13)10-8(11)9(3)6-7(2)14-9/h4,7H,1,5-6H2,2-3H3,(H,10,11). The molecule has 0 saturated carbocycles. The van der Waals surface area contributed by atoms with E-state index >= 15 is 0 Å². The molecule has 86 valence electrons. The number of amides is 1. The molecule has 1 aliphatic heterocycles. The molecule has 0 spiro atoms. The Morgan fingerprint density at radius 1 is 1.73 bits per heavy atom. The highest BCUT2D eigenvalue weighted by atomic mass is 32.2. The van der Waals surface area contributed by atoms with E-state index in [1.54, 1.807) is 6.92 Å². The highest BCUT2D eigenvalue weighted by Crippen LogP contribution is 2.32. The van der Waals surface area contributed by atoms with E-state index in [4.69, 9.17) is 4.74 Å². The van der Waals surface area contributed by atoms with Gasteiger partial charge in [-0.2, -0.15) is 0 Å². The van der Waals surface area contributed by atoms with Crippen LogP contribution in [0, 0.1) is 0 Å². The first kappa shape index (κ1) is 12.2. The molecule has 1 heterocycles. The molecule has 1 amide bonds. The van der Waals surface area contributed by atoms with Gasteiger partial charge in [0.2, 0.25) is 10.0 Å². The van der Waals surface area contributed by atoms with Crippen molar-refractivity contribution in [1.82, 2.24) is 4.72 Å². The van der Waals surface area contributed by atoms with Crippen LogP contribution in [0.25, 0.3) is 0 Å². The predicted molar refractivity (Wildman–Crippen MR) is 55.7 cm³/mol. The Kier molecular flexibility index (Phi) is 3.20. The zero-order valence-electron chi connectivity index (χ0n) is 8.82. The van der Waals surface area contributed by atoms with Crippen LogP contribution in [0.1, 0.15) is 20.3 Å². The van der Waals surface area contributed by atoms with Gasteiger partial charge in [-0.25, -0.2) is 8.42 Å². The van der Waals surface area contributed by atoms with E-state index < -0.39 is 21.5 Å². The van der Waals surface area contributed by atoms with Crippen molar-refractivity contribution in [2.45, 2.75) is 32.0 Å². The third kappa shape index (κ3) is 2.79. The number of carbonyl (C=O) groups excluding carboxylic acids is 1. The summed E-state index contributed by atoms with van der Waals surface area (Å²) in [6.07, 6.45) is 1.76. The van der Waals surface area contributed by atoms with Gasteiger partial charge in [-0.05, 0) is 13.8 Å². The van der Waals surface area contributed by atoms with Crippen LogP contribution in [0.2, 0.25) is 0 Å². The van der Waals surface area contributed by atoms with E-state index in [9.17, 15) is 13.2 Å². The molecular weight excluding hydrogens is 218 g/mol. The van der Waals surface area contributed by atoms with Crippen molar-refractivity contribution in [1.29, 1.82) is 0 Å². The summed E-state index contributed by atoms with van der Waals surface area (Å²) in [7, 11) is -3.61. The smallest absolute Gasteiger partial charge is 0.265 e. The average Bonchev–Trinajstić information content (AvgIpc) is 2.00. The van der Waals surface area contributed by atoms with Gasteiger partial charge in [0.25, 0.3) is 5.91 Å². The fraction of sp³-hybridized carbons (Fsp3) is 0.667. The number of sulfonamides is 1. The van der Waals surface area contributed by atoms with E-state index in [-0.39, 0.29) is 11.9 Å². The summed E-state index contributed by atoms with van der Waals surface area (Å²) in [5, 5.41) is 0. The van der Waals surface area contributed by atoms with Crippen LogP contribution in [0.5, 0.6) is 0 Å². The Morgan fingerprint density at radius 2 is 2.27 bits per heavy atom. The maximum atomic E-state index is 11.5. The van der Waals surface area contributed by atoms with Crippen molar-refractivity contribution in [3.05, 3.63) is 12.7 Å².